The first kappa shape index (κ1) is 14.1. The van der Waals surface area contributed by atoms with Crippen LogP contribution in [0, 0.1) is 15.9 Å². The van der Waals surface area contributed by atoms with Gasteiger partial charge in [-0.1, -0.05) is 30.3 Å². The van der Waals surface area contributed by atoms with Crippen molar-refractivity contribution in [1.82, 2.24) is 5.48 Å². The molecule has 0 spiro atoms. The van der Waals surface area contributed by atoms with Crippen LogP contribution in [0.15, 0.2) is 48.5 Å². The fraction of sp³-hybridized carbons (Fsp3) is 0.143. The lowest BCUT2D eigenvalue weighted by Crippen LogP contribution is -2.14. The number of nitro benzene ring substituents is 1. The summed E-state index contributed by atoms with van der Waals surface area (Å²) in [4.78, 5) is 15.2. The maximum Gasteiger partial charge on any atom is 0.272 e. The van der Waals surface area contributed by atoms with Gasteiger partial charge in [0.2, 0.25) is 0 Å². The summed E-state index contributed by atoms with van der Waals surface area (Å²) in [6.45, 7) is 0.545. The molecule has 0 unspecified atom stereocenters. The Bertz CT molecular complexity index is 590. The van der Waals surface area contributed by atoms with Gasteiger partial charge in [0.15, 0.2) is 0 Å². The van der Waals surface area contributed by atoms with Crippen LogP contribution in [0.5, 0.6) is 0 Å². The summed E-state index contributed by atoms with van der Waals surface area (Å²) in [6, 6.07) is 12.9. The lowest BCUT2D eigenvalue weighted by atomic mass is 10.2. The Morgan fingerprint density at radius 3 is 2.60 bits per heavy atom. The zero-order chi connectivity index (χ0) is 14.4. The summed E-state index contributed by atoms with van der Waals surface area (Å²) >= 11 is 0. The molecule has 0 aliphatic rings. The molecule has 0 fully saturated rings. The molecule has 2 rings (SSSR count). The third-order valence-corrected chi connectivity index (χ3v) is 2.61. The summed E-state index contributed by atoms with van der Waals surface area (Å²) in [5, 5.41) is 10.6. The molecule has 0 aromatic heterocycles. The monoisotopic (exact) mass is 276 g/mol. The van der Waals surface area contributed by atoms with Crippen molar-refractivity contribution in [1.29, 1.82) is 0 Å². The third-order valence-electron chi connectivity index (χ3n) is 2.61. The van der Waals surface area contributed by atoms with Crippen LogP contribution >= 0.6 is 0 Å². The smallest absolute Gasteiger partial charge is 0.272 e. The van der Waals surface area contributed by atoms with E-state index in [1.807, 2.05) is 30.3 Å². The van der Waals surface area contributed by atoms with Gasteiger partial charge >= 0.3 is 0 Å². The van der Waals surface area contributed by atoms with E-state index in [1.165, 1.54) is 12.1 Å². The van der Waals surface area contributed by atoms with Gasteiger partial charge in [-0.2, -0.15) is 5.48 Å². The van der Waals surface area contributed by atoms with Crippen molar-refractivity contribution in [2.75, 3.05) is 0 Å². The molecule has 20 heavy (non-hydrogen) atoms. The third kappa shape index (κ3) is 4.11. The molecule has 0 saturated carbocycles. The highest BCUT2D eigenvalue weighted by Crippen LogP contribution is 2.16. The molecule has 1 N–H and O–H groups in total. The van der Waals surface area contributed by atoms with Crippen molar-refractivity contribution < 1.29 is 14.2 Å². The number of non-ortho nitro benzene ring substituents is 1. The first-order valence-corrected chi connectivity index (χ1v) is 5.97. The van der Waals surface area contributed by atoms with Gasteiger partial charge in [0, 0.05) is 12.6 Å². The van der Waals surface area contributed by atoms with E-state index in [2.05, 4.69) is 5.48 Å². The van der Waals surface area contributed by atoms with Crippen molar-refractivity contribution in [2.45, 2.75) is 13.2 Å². The second kappa shape index (κ2) is 6.74. The number of nitrogens with one attached hydrogen (secondary N) is 1. The van der Waals surface area contributed by atoms with Crippen molar-refractivity contribution in [2.24, 2.45) is 0 Å². The largest absolute Gasteiger partial charge is 0.297 e. The van der Waals surface area contributed by atoms with Crippen LogP contribution in [0.2, 0.25) is 0 Å². The number of hydroxylamine groups is 1. The molecular formula is C14H13FN2O3. The normalized spacial score (nSPS) is 10.4. The molecule has 5 nitrogen and oxygen atoms in total. The van der Waals surface area contributed by atoms with Crippen molar-refractivity contribution in [3.8, 4) is 0 Å². The van der Waals surface area contributed by atoms with Crippen molar-refractivity contribution >= 4 is 5.69 Å². The summed E-state index contributed by atoms with van der Waals surface area (Å²) < 4.78 is 13.2. The van der Waals surface area contributed by atoms with E-state index in [9.17, 15) is 14.5 Å². The van der Waals surface area contributed by atoms with E-state index < -0.39 is 10.7 Å². The fourth-order valence-corrected chi connectivity index (χ4v) is 1.68. The molecule has 6 heteroatoms. The molecule has 0 bridgehead atoms. The first-order valence-electron chi connectivity index (χ1n) is 5.97. The number of hydrogen-bond donors (Lipinski definition) is 1. The van der Waals surface area contributed by atoms with E-state index in [0.717, 1.165) is 11.6 Å². The minimum Gasteiger partial charge on any atom is -0.297 e. The Morgan fingerprint density at radius 2 is 1.90 bits per heavy atom. The SMILES string of the molecule is O=[N+]([O-])c1cc(F)cc(CNOCc2ccccc2)c1. The van der Waals surface area contributed by atoms with Crippen LogP contribution in [-0.4, -0.2) is 4.92 Å². The molecule has 0 aliphatic carbocycles. The van der Waals surface area contributed by atoms with Gasteiger partial charge in [-0.25, -0.2) is 4.39 Å². The Morgan fingerprint density at radius 1 is 1.15 bits per heavy atom. The average Bonchev–Trinajstić information content (AvgIpc) is 2.44. The quantitative estimate of drug-likeness (QED) is 0.500. The Balaban J connectivity index is 1.86. The number of nitro groups is 1. The molecular weight excluding hydrogens is 263 g/mol. The van der Waals surface area contributed by atoms with Gasteiger partial charge in [0.25, 0.3) is 5.69 Å². The fourth-order valence-electron chi connectivity index (χ4n) is 1.68. The second-order valence-electron chi connectivity index (χ2n) is 4.17. The Kier molecular flexibility index (Phi) is 4.75. The molecule has 2 aromatic carbocycles. The molecule has 104 valence electrons. The van der Waals surface area contributed by atoms with Gasteiger partial charge in [-0.3, -0.25) is 15.0 Å². The van der Waals surface area contributed by atoms with Crippen LogP contribution < -0.4 is 5.48 Å². The second-order valence-corrected chi connectivity index (χ2v) is 4.17. The Hall–Kier alpha value is -2.31. The number of rotatable bonds is 6. The van der Waals surface area contributed by atoms with Crippen molar-refractivity contribution in [3.05, 3.63) is 75.6 Å². The highest BCUT2D eigenvalue weighted by molar-refractivity contribution is 5.35. The lowest BCUT2D eigenvalue weighted by molar-refractivity contribution is -0.385. The number of nitrogens with zero attached hydrogens (tertiary/aromatic N) is 1. The van der Waals surface area contributed by atoms with Crippen LogP contribution in [0.3, 0.4) is 0 Å². The number of hydrogen-bond acceptors (Lipinski definition) is 4. The maximum absolute atomic E-state index is 13.2. The van der Waals surface area contributed by atoms with E-state index in [-0.39, 0.29) is 12.2 Å². The van der Waals surface area contributed by atoms with Crippen LogP contribution in [0.4, 0.5) is 10.1 Å². The molecule has 0 saturated heterocycles. The highest BCUT2D eigenvalue weighted by Gasteiger charge is 2.09. The van der Waals surface area contributed by atoms with Crippen LogP contribution in [0.25, 0.3) is 0 Å². The molecule has 0 atom stereocenters. The molecule has 0 amide bonds. The van der Waals surface area contributed by atoms with Crippen molar-refractivity contribution in [3.63, 3.8) is 0 Å². The van der Waals surface area contributed by atoms with Gasteiger partial charge in [-0.05, 0) is 17.2 Å². The van der Waals surface area contributed by atoms with Gasteiger partial charge in [0.05, 0.1) is 17.6 Å². The Labute approximate surface area is 115 Å². The lowest BCUT2D eigenvalue weighted by Gasteiger charge is -2.06. The van der Waals surface area contributed by atoms with E-state index in [0.29, 0.717) is 12.2 Å². The standard InChI is InChI=1S/C14H13FN2O3/c15-13-6-12(7-14(8-13)17(18)19)9-16-20-10-11-4-2-1-3-5-11/h1-8,16H,9-10H2. The van der Waals surface area contributed by atoms with Gasteiger partial charge in [-0.15, -0.1) is 0 Å². The highest BCUT2D eigenvalue weighted by atomic mass is 19.1. The minimum atomic E-state index is -0.640. The zero-order valence-electron chi connectivity index (χ0n) is 10.6. The van der Waals surface area contributed by atoms with Crippen LogP contribution in [-0.2, 0) is 18.0 Å². The maximum atomic E-state index is 13.2. The van der Waals surface area contributed by atoms with Gasteiger partial charge < -0.3 is 0 Å². The van der Waals surface area contributed by atoms with E-state index in [1.54, 1.807) is 0 Å². The number of benzene rings is 2. The first-order chi connectivity index (χ1) is 9.65. The minimum absolute atomic E-state index is 0.186. The summed E-state index contributed by atoms with van der Waals surface area (Å²) in [6.07, 6.45) is 0. The molecule has 0 aliphatic heterocycles. The summed E-state index contributed by atoms with van der Waals surface area (Å²) in [5.41, 5.74) is 3.82. The average molecular weight is 276 g/mol. The summed E-state index contributed by atoms with van der Waals surface area (Å²) in [7, 11) is 0. The summed E-state index contributed by atoms with van der Waals surface area (Å²) in [5.74, 6) is -0.640. The topological polar surface area (TPSA) is 64.4 Å². The number of halogens is 1. The van der Waals surface area contributed by atoms with Crippen LogP contribution in [0.1, 0.15) is 11.1 Å². The van der Waals surface area contributed by atoms with E-state index in [4.69, 9.17) is 4.84 Å². The zero-order valence-corrected chi connectivity index (χ0v) is 10.6. The predicted molar refractivity (Wildman–Crippen MR) is 71.1 cm³/mol. The molecule has 0 heterocycles. The van der Waals surface area contributed by atoms with E-state index >= 15 is 0 Å². The van der Waals surface area contributed by atoms with Gasteiger partial charge in [0.1, 0.15) is 5.82 Å². The predicted octanol–water partition coefficient (Wildman–Crippen LogP) is 2.96. The molecule has 0 radical (unpaired) electrons. The molecule has 2 aromatic rings.